The molecule has 1 amide bonds. The first-order valence-corrected chi connectivity index (χ1v) is 7.09. The van der Waals surface area contributed by atoms with E-state index in [0.717, 1.165) is 0 Å². The van der Waals surface area contributed by atoms with Crippen LogP contribution in [0.1, 0.15) is 22.5 Å². The molecular formula is C13H11N3O3S. The van der Waals surface area contributed by atoms with E-state index in [-0.39, 0.29) is 11.6 Å². The van der Waals surface area contributed by atoms with Gasteiger partial charge in [-0.25, -0.2) is 4.98 Å². The number of amides is 1. The summed E-state index contributed by atoms with van der Waals surface area (Å²) >= 11 is 1.35. The van der Waals surface area contributed by atoms with Crippen LogP contribution < -0.4 is 4.90 Å². The maximum atomic E-state index is 12.4. The molecule has 0 atom stereocenters. The second kappa shape index (κ2) is 5.01. The number of anilines is 1. The lowest BCUT2D eigenvalue weighted by Gasteiger charge is -2.28. The maximum absolute atomic E-state index is 12.4. The number of carbonyl (C=O) groups is 1. The molecule has 0 spiro atoms. The van der Waals surface area contributed by atoms with Gasteiger partial charge in [-0.2, -0.15) is 0 Å². The van der Waals surface area contributed by atoms with Gasteiger partial charge < -0.3 is 4.90 Å². The Morgan fingerprint density at radius 1 is 1.45 bits per heavy atom. The van der Waals surface area contributed by atoms with E-state index in [9.17, 15) is 14.9 Å². The van der Waals surface area contributed by atoms with Crippen molar-refractivity contribution in [2.24, 2.45) is 0 Å². The highest BCUT2D eigenvalue weighted by Crippen LogP contribution is 2.34. The van der Waals surface area contributed by atoms with Crippen molar-refractivity contribution in [3.63, 3.8) is 0 Å². The Morgan fingerprint density at radius 3 is 3.00 bits per heavy atom. The average molecular weight is 289 g/mol. The maximum Gasteiger partial charge on any atom is 0.277 e. The molecule has 1 aliphatic heterocycles. The van der Waals surface area contributed by atoms with Crippen molar-refractivity contribution in [2.45, 2.75) is 12.8 Å². The van der Waals surface area contributed by atoms with E-state index >= 15 is 0 Å². The van der Waals surface area contributed by atoms with Gasteiger partial charge in [0, 0.05) is 18.0 Å². The molecule has 0 unspecified atom stereocenters. The van der Waals surface area contributed by atoms with Crippen LogP contribution in [0.5, 0.6) is 0 Å². The lowest BCUT2D eigenvalue weighted by Crippen LogP contribution is -2.35. The summed E-state index contributed by atoms with van der Waals surface area (Å²) < 4.78 is 0. The third kappa shape index (κ3) is 2.05. The van der Waals surface area contributed by atoms with Gasteiger partial charge in [0.1, 0.15) is 5.69 Å². The Morgan fingerprint density at radius 2 is 2.30 bits per heavy atom. The van der Waals surface area contributed by atoms with Crippen LogP contribution in [0.15, 0.2) is 29.1 Å². The van der Waals surface area contributed by atoms with Crippen LogP contribution >= 0.6 is 11.3 Å². The molecule has 0 saturated carbocycles. The molecule has 0 aliphatic carbocycles. The third-order valence-corrected chi connectivity index (χ3v) is 3.91. The largest absolute Gasteiger partial charge is 0.306 e. The van der Waals surface area contributed by atoms with Crippen molar-refractivity contribution in [1.29, 1.82) is 0 Å². The van der Waals surface area contributed by atoms with Gasteiger partial charge in [-0.05, 0) is 18.9 Å². The van der Waals surface area contributed by atoms with E-state index in [4.69, 9.17) is 0 Å². The fraction of sp³-hybridized carbons (Fsp3) is 0.231. The highest BCUT2D eigenvalue weighted by atomic mass is 32.1. The highest BCUT2D eigenvalue weighted by molar-refractivity contribution is 7.07. The van der Waals surface area contributed by atoms with Crippen LogP contribution in [0.2, 0.25) is 0 Å². The number of nitrogens with zero attached hydrogens (tertiary/aromatic N) is 3. The summed E-state index contributed by atoms with van der Waals surface area (Å²) in [6.45, 7) is 0.560. The minimum atomic E-state index is -0.393. The third-order valence-electron chi connectivity index (χ3n) is 3.32. The van der Waals surface area contributed by atoms with Crippen molar-refractivity contribution < 1.29 is 9.72 Å². The van der Waals surface area contributed by atoms with Crippen LogP contribution in [0, 0.1) is 10.1 Å². The number of nitro benzene ring substituents is 1. The van der Waals surface area contributed by atoms with Crippen LogP contribution in [-0.4, -0.2) is 22.4 Å². The van der Waals surface area contributed by atoms with Crippen molar-refractivity contribution >= 4 is 28.6 Å². The first-order chi connectivity index (χ1) is 9.68. The predicted molar refractivity (Wildman–Crippen MR) is 75.2 cm³/mol. The van der Waals surface area contributed by atoms with Crippen molar-refractivity contribution in [1.82, 2.24) is 4.98 Å². The molecule has 20 heavy (non-hydrogen) atoms. The molecule has 6 nitrogen and oxygen atoms in total. The molecule has 2 heterocycles. The van der Waals surface area contributed by atoms with Crippen molar-refractivity contribution in [2.75, 3.05) is 11.4 Å². The highest BCUT2D eigenvalue weighted by Gasteiger charge is 2.29. The second-order valence-electron chi connectivity index (χ2n) is 4.47. The minimum absolute atomic E-state index is 0.0817. The van der Waals surface area contributed by atoms with Gasteiger partial charge in [-0.3, -0.25) is 14.9 Å². The predicted octanol–water partition coefficient (Wildman–Crippen LogP) is 2.64. The zero-order valence-electron chi connectivity index (χ0n) is 10.5. The van der Waals surface area contributed by atoms with E-state index in [2.05, 4.69) is 4.98 Å². The zero-order valence-corrected chi connectivity index (χ0v) is 11.3. The fourth-order valence-corrected chi connectivity index (χ4v) is 2.97. The van der Waals surface area contributed by atoms with Gasteiger partial charge in [-0.15, -0.1) is 11.3 Å². The number of benzene rings is 1. The molecule has 3 rings (SSSR count). The number of nitro groups is 1. The number of carbonyl (C=O) groups excluding carboxylic acids is 1. The monoisotopic (exact) mass is 289 g/mol. The minimum Gasteiger partial charge on any atom is -0.306 e. The number of aromatic nitrogens is 1. The van der Waals surface area contributed by atoms with Crippen molar-refractivity contribution in [3.05, 3.63) is 50.5 Å². The van der Waals surface area contributed by atoms with Crippen LogP contribution in [0.3, 0.4) is 0 Å². The molecule has 0 bridgehead atoms. The number of rotatable bonds is 2. The second-order valence-corrected chi connectivity index (χ2v) is 5.18. The first kappa shape index (κ1) is 12.7. The molecule has 2 aromatic rings. The smallest absolute Gasteiger partial charge is 0.277 e. The summed E-state index contributed by atoms with van der Waals surface area (Å²) in [7, 11) is 0. The van der Waals surface area contributed by atoms with E-state index in [1.165, 1.54) is 17.4 Å². The van der Waals surface area contributed by atoms with Crippen LogP contribution in [-0.2, 0) is 6.42 Å². The fourth-order valence-electron chi connectivity index (χ4n) is 2.44. The Hall–Kier alpha value is -2.28. The summed E-state index contributed by atoms with van der Waals surface area (Å²) in [5.74, 6) is -0.201. The zero-order chi connectivity index (χ0) is 14.1. The normalized spacial score (nSPS) is 13.9. The van der Waals surface area contributed by atoms with Gasteiger partial charge in [0.25, 0.3) is 11.6 Å². The van der Waals surface area contributed by atoms with E-state index < -0.39 is 4.92 Å². The summed E-state index contributed by atoms with van der Waals surface area (Å²) in [6, 6.07) is 4.85. The first-order valence-electron chi connectivity index (χ1n) is 6.15. The molecule has 0 N–H and O–H groups in total. The van der Waals surface area contributed by atoms with Crippen molar-refractivity contribution in [3.8, 4) is 0 Å². The topological polar surface area (TPSA) is 76.3 Å². The molecule has 7 heteroatoms. The standard InChI is InChI=1S/C13H11N3O3S/c17-13(10-7-20-8-14-10)15-6-2-3-9-11(15)4-1-5-12(9)16(18)19/h1,4-5,7-8H,2-3,6H2. The van der Waals surface area contributed by atoms with Gasteiger partial charge in [0.05, 0.1) is 21.7 Å². The average Bonchev–Trinajstić information content (AvgIpc) is 2.99. The number of hydrogen-bond acceptors (Lipinski definition) is 5. The molecule has 1 aromatic heterocycles. The summed E-state index contributed by atoms with van der Waals surface area (Å²) in [4.78, 5) is 28.7. The summed E-state index contributed by atoms with van der Waals surface area (Å²) in [5, 5.41) is 12.8. The Labute approximate surface area is 118 Å². The molecular weight excluding hydrogens is 278 g/mol. The number of hydrogen-bond donors (Lipinski definition) is 0. The van der Waals surface area contributed by atoms with Gasteiger partial charge >= 0.3 is 0 Å². The Balaban J connectivity index is 2.05. The lowest BCUT2D eigenvalue weighted by molar-refractivity contribution is -0.385. The van der Waals surface area contributed by atoms with Crippen LogP contribution in [0.4, 0.5) is 11.4 Å². The van der Waals surface area contributed by atoms with E-state index in [1.54, 1.807) is 27.9 Å². The van der Waals surface area contributed by atoms with Crippen LogP contribution in [0.25, 0.3) is 0 Å². The summed E-state index contributed by atoms with van der Waals surface area (Å²) in [6.07, 6.45) is 1.33. The molecule has 0 saturated heterocycles. The lowest BCUT2D eigenvalue weighted by atomic mass is 9.99. The quantitative estimate of drug-likeness (QED) is 0.629. The molecule has 0 fully saturated rings. The molecule has 102 valence electrons. The SMILES string of the molecule is O=C(c1cscn1)N1CCCc2c1cccc2[N+](=O)[O-]. The van der Waals surface area contributed by atoms with E-state index in [1.807, 2.05) is 0 Å². The summed E-state index contributed by atoms with van der Waals surface area (Å²) in [5.41, 5.74) is 3.33. The Bertz CT molecular complexity index is 670. The molecule has 0 radical (unpaired) electrons. The van der Waals surface area contributed by atoms with Gasteiger partial charge in [0.2, 0.25) is 0 Å². The molecule has 1 aromatic carbocycles. The Kier molecular flexibility index (Phi) is 3.19. The van der Waals surface area contributed by atoms with E-state index in [0.29, 0.717) is 36.3 Å². The van der Waals surface area contributed by atoms with Gasteiger partial charge in [0.15, 0.2) is 0 Å². The molecule has 1 aliphatic rings. The number of fused-ring (bicyclic) bond motifs is 1. The van der Waals surface area contributed by atoms with Gasteiger partial charge in [-0.1, -0.05) is 6.07 Å². The number of thiazole rings is 1.